The van der Waals surface area contributed by atoms with Crippen molar-refractivity contribution in [1.29, 1.82) is 0 Å². The Balaban J connectivity index is 2.36. The second-order valence-electron chi connectivity index (χ2n) is 3.56. The van der Waals surface area contributed by atoms with Crippen molar-refractivity contribution in [2.24, 2.45) is 0 Å². The Kier molecular flexibility index (Phi) is 3.04. The van der Waals surface area contributed by atoms with Gasteiger partial charge in [-0.3, -0.25) is 24.8 Å². The average molecular weight is 233 g/mol. The third-order valence-corrected chi connectivity index (χ3v) is 2.43. The van der Waals surface area contributed by atoms with Crippen molar-refractivity contribution >= 4 is 5.97 Å². The van der Waals surface area contributed by atoms with Crippen molar-refractivity contribution in [2.45, 2.75) is 12.8 Å². The molecule has 0 spiro atoms. The molecule has 0 fully saturated rings. The molecule has 0 aliphatic heterocycles. The summed E-state index contributed by atoms with van der Waals surface area (Å²) in [5.41, 5.74) is 1.61. The van der Waals surface area contributed by atoms with E-state index in [2.05, 4.69) is 15.2 Å². The minimum Gasteiger partial charge on any atom is -0.481 e. The summed E-state index contributed by atoms with van der Waals surface area (Å²) in [6.45, 7) is 0. The van der Waals surface area contributed by atoms with Crippen LogP contribution in [0.3, 0.4) is 0 Å². The molecule has 2 rings (SSSR count). The third kappa shape index (κ3) is 2.41. The molecule has 0 saturated carbocycles. The van der Waals surface area contributed by atoms with Gasteiger partial charge in [0, 0.05) is 29.9 Å². The van der Waals surface area contributed by atoms with Gasteiger partial charge in [0.15, 0.2) is 0 Å². The van der Waals surface area contributed by atoms with Crippen LogP contribution in [0.15, 0.2) is 29.3 Å². The van der Waals surface area contributed by atoms with Gasteiger partial charge in [0.25, 0.3) is 5.56 Å². The zero-order valence-corrected chi connectivity index (χ0v) is 8.93. The number of H-pyrrole nitrogens is 2. The van der Waals surface area contributed by atoms with Crippen LogP contribution in [0.5, 0.6) is 0 Å². The van der Waals surface area contributed by atoms with E-state index in [9.17, 15) is 9.59 Å². The Labute approximate surface area is 96.3 Å². The summed E-state index contributed by atoms with van der Waals surface area (Å²) in [7, 11) is 0. The fraction of sp³-hybridized carbons (Fsp3) is 0.182. The van der Waals surface area contributed by atoms with Crippen molar-refractivity contribution < 1.29 is 9.90 Å². The van der Waals surface area contributed by atoms with Crippen molar-refractivity contribution in [2.75, 3.05) is 0 Å². The van der Waals surface area contributed by atoms with Crippen LogP contribution in [0.4, 0.5) is 0 Å². The summed E-state index contributed by atoms with van der Waals surface area (Å²) in [5.74, 6) is -0.925. The minimum atomic E-state index is -0.925. The number of rotatable bonds is 4. The predicted octanol–water partition coefficient (Wildman–Crippen LogP) is 0.782. The summed E-state index contributed by atoms with van der Waals surface area (Å²) in [6, 6.07) is 3.51. The number of carbonyl (C=O) groups is 1. The quantitative estimate of drug-likeness (QED) is 0.726. The lowest BCUT2D eigenvalue weighted by atomic mass is 10.1. The molecule has 0 aromatic carbocycles. The van der Waals surface area contributed by atoms with Crippen LogP contribution in [0.1, 0.15) is 12.0 Å². The van der Waals surface area contributed by atoms with E-state index in [0.29, 0.717) is 11.3 Å². The van der Waals surface area contributed by atoms with Crippen LogP contribution in [-0.2, 0) is 11.2 Å². The van der Waals surface area contributed by atoms with E-state index in [1.54, 1.807) is 24.5 Å². The van der Waals surface area contributed by atoms with E-state index in [1.165, 1.54) is 0 Å². The van der Waals surface area contributed by atoms with Gasteiger partial charge in [-0.2, -0.15) is 0 Å². The molecule has 0 atom stereocenters. The molecule has 0 bridgehead atoms. The van der Waals surface area contributed by atoms with Crippen LogP contribution in [0.25, 0.3) is 11.3 Å². The largest absolute Gasteiger partial charge is 0.481 e. The molecular formula is C11H11N3O3. The third-order valence-electron chi connectivity index (χ3n) is 2.43. The highest BCUT2D eigenvalue weighted by molar-refractivity contribution is 5.68. The maximum atomic E-state index is 11.5. The highest BCUT2D eigenvalue weighted by atomic mass is 16.4. The fourth-order valence-corrected chi connectivity index (χ4v) is 1.62. The molecule has 3 N–H and O–H groups in total. The van der Waals surface area contributed by atoms with Gasteiger partial charge in [-0.15, -0.1) is 0 Å². The number of nitrogens with one attached hydrogen (secondary N) is 2. The summed E-state index contributed by atoms with van der Waals surface area (Å²) in [5, 5.41) is 13.9. The van der Waals surface area contributed by atoms with Crippen LogP contribution < -0.4 is 5.56 Å². The molecule has 0 radical (unpaired) electrons. The number of hydrogen-bond acceptors (Lipinski definition) is 3. The van der Waals surface area contributed by atoms with E-state index >= 15 is 0 Å². The Hall–Kier alpha value is -2.37. The second kappa shape index (κ2) is 4.65. The Morgan fingerprint density at radius 3 is 2.65 bits per heavy atom. The van der Waals surface area contributed by atoms with Crippen molar-refractivity contribution in [3.05, 3.63) is 40.4 Å². The Bertz CT molecular complexity index is 571. The number of aromatic nitrogens is 3. The van der Waals surface area contributed by atoms with E-state index < -0.39 is 5.97 Å². The highest BCUT2D eigenvalue weighted by Crippen LogP contribution is 2.18. The molecular weight excluding hydrogens is 222 g/mol. The second-order valence-corrected chi connectivity index (χ2v) is 3.56. The highest BCUT2D eigenvalue weighted by Gasteiger charge is 2.12. The maximum Gasteiger partial charge on any atom is 0.303 e. The van der Waals surface area contributed by atoms with Crippen LogP contribution in [0.2, 0.25) is 0 Å². The molecule has 2 aromatic heterocycles. The molecule has 0 saturated heterocycles. The first-order valence-electron chi connectivity index (χ1n) is 5.10. The van der Waals surface area contributed by atoms with E-state index in [4.69, 9.17) is 5.11 Å². The number of carboxylic acids is 1. The SMILES string of the molecule is O=C(O)CCc1c(-c2ccncc2)[nH][nH]c1=O. The van der Waals surface area contributed by atoms with E-state index in [-0.39, 0.29) is 18.4 Å². The molecule has 6 nitrogen and oxygen atoms in total. The first-order chi connectivity index (χ1) is 8.18. The zero-order valence-electron chi connectivity index (χ0n) is 8.93. The maximum absolute atomic E-state index is 11.5. The van der Waals surface area contributed by atoms with Gasteiger partial charge in [-0.1, -0.05) is 0 Å². The predicted molar refractivity (Wildman–Crippen MR) is 60.6 cm³/mol. The molecule has 0 aliphatic carbocycles. The summed E-state index contributed by atoms with van der Waals surface area (Å²) >= 11 is 0. The molecule has 0 unspecified atom stereocenters. The molecule has 0 amide bonds. The first-order valence-corrected chi connectivity index (χ1v) is 5.10. The number of nitrogens with zero attached hydrogens (tertiary/aromatic N) is 1. The summed E-state index contributed by atoms with van der Waals surface area (Å²) < 4.78 is 0. The van der Waals surface area contributed by atoms with Gasteiger partial charge in [0.1, 0.15) is 0 Å². The van der Waals surface area contributed by atoms with Crippen molar-refractivity contribution in [3.63, 3.8) is 0 Å². The topological polar surface area (TPSA) is 98.8 Å². The summed E-state index contributed by atoms with van der Waals surface area (Å²) in [4.78, 5) is 25.9. The normalized spacial score (nSPS) is 10.4. The van der Waals surface area contributed by atoms with Gasteiger partial charge in [-0.25, -0.2) is 0 Å². The standard InChI is InChI=1S/C11H11N3O3/c15-9(16)2-1-8-10(13-14-11(8)17)7-3-5-12-6-4-7/h3-6H,1-2H2,(H,15,16)(H2,13,14,17). The van der Waals surface area contributed by atoms with Crippen LogP contribution in [0, 0.1) is 0 Å². The Morgan fingerprint density at radius 2 is 2.00 bits per heavy atom. The van der Waals surface area contributed by atoms with Crippen LogP contribution >= 0.6 is 0 Å². The molecule has 17 heavy (non-hydrogen) atoms. The average Bonchev–Trinajstić information content (AvgIpc) is 2.69. The van der Waals surface area contributed by atoms with Gasteiger partial charge in [0.05, 0.1) is 5.69 Å². The molecule has 88 valence electrons. The lowest BCUT2D eigenvalue weighted by molar-refractivity contribution is -0.136. The lowest BCUT2D eigenvalue weighted by Crippen LogP contribution is -2.08. The number of hydrogen-bond donors (Lipinski definition) is 3. The summed E-state index contributed by atoms with van der Waals surface area (Å²) in [6.07, 6.45) is 3.36. The first kappa shape index (κ1) is 11.1. The van der Waals surface area contributed by atoms with Gasteiger partial charge >= 0.3 is 5.97 Å². The number of aromatic amines is 2. The minimum absolute atomic E-state index is 0.0704. The zero-order chi connectivity index (χ0) is 12.3. The molecule has 2 heterocycles. The van der Waals surface area contributed by atoms with E-state index in [0.717, 1.165) is 5.56 Å². The number of pyridine rings is 1. The monoisotopic (exact) mass is 233 g/mol. The van der Waals surface area contributed by atoms with E-state index in [1.807, 2.05) is 0 Å². The van der Waals surface area contributed by atoms with Gasteiger partial charge < -0.3 is 5.11 Å². The van der Waals surface area contributed by atoms with Crippen molar-refractivity contribution in [1.82, 2.24) is 15.2 Å². The van der Waals surface area contributed by atoms with Gasteiger partial charge in [0.2, 0.25) is 0 Å². The fourth-order valence-electron chi connectivity index (χ4n) is 1.62. The number of carboxylic acid groups (broad SMARTS) is 1. The molecule has 6 heteroatoms. The number of aliphatic carboxylic acids is 1. The molecule has 2 aromatic rings. The van der Waals surface area contributed by atoms with Crippen LogP contribution in [-0.4, -0.2) is 26.3 Å². The lowest BCUT2D eigenvalue weighted by Gasteiger charge is -2.00. The molecule has 0 aliphatic rings. The Morgan fingerprint density at radius 1 is 1.29 bits per heavy atom. The van der Waals surface area contributed by atoms with Crippen molar-refractivity contribution in [3.8, 4) is 11.3 Å². The van der Waals surface area contributed by atoms with Gasteiger partial charge in [-0.05, 0) is 18.6 Å². The smallest absolute Gasteiger partial charge is 0.303 e.